The van der Waals surface area contributed by atoms with E-state index in [0.29, 0.717) is 0 Å². The van der Waals surface area contributed by atoms with E-state index < -0.39 is 0 Å². The highest BCUT2D eigenvalue weighted by Crippen LogP contribution is 2.16. The van der Waals surface area contributed by atoms with Crippen LogP contribution < -0.4 is 5.73 Å². The predicted molar refractivity (Wildman–Crippen MR) is 69.7 cm³/mol. The van der Waals surface area contributed by atoms with Crippen molar-refractivity contribution >= 4 is 0 Å². The van der Waals surface area contributed by atoms with E-state index in [4.69, 9.17) is 5.73 Å². The van der Waals surface area contributed by atoms with Crippen LogP contribution in [0.3, 0.4) is 0 Å². The summed E-state index contributed by atoms with van der Waals surface area (Å²) in [7, 11) is 0. The molecule has 2 rings (SSSR count). The summed E-state index contributed by atoms with van der Waals surface area (Å²) >= 11 is 0. The van der Waals surface area contributed by atoms with Crippen LogP contribution in [0, 0.1) is 0 Å². The number of benzene rings is 1. The van der Waals surface area contributed by atoms with Gasteiger partial charge < -0.3 is 15.7 Å². The number of nitrogens with two attached hydrogens (primary N) is 1. The summed E-state index contributed by atoms with van der Waals surface area (Å²) in [4.78, 5) is 2.40. The molecule has 3 heteroatoms. The number of aliphatic hydroxyl groups is 1. The molecular formula is C14H22N2O. The molecule has 0 bridgehead atoms. The van der Waals surface area contributed by atoms with E-state index in [-0.39, 0.29) is 12.1 Å². The minimum atomic E-state index is -0.0888. The van der Waals surface area contributed by atoms with Crippen LogP contribution >= 0.6 is 0 Å². The first-order valence-corrected chi connectivity index (χ1v) is 6.46. The Bertz CT molecular complexity index is 320. The van der Waals surface area contributed by atoms with Gasteiger partial charge in [-0.1, -0.05) is 30.3 Å². The normalized spacial score (nSPS) is 20.4. The minimum Gasteiger partial charge on any atom is -0.393 e. The first-order valence-electron chi connectivity index (χ1n) is 6.46. The average molecular weight is 234 g/mol. The fourth-order valence-corrected chi connectivity index (χ4v) is 2.33. The third kappa shape index (κ3) is 3.80. The summed E-state index contributed by atoms with van der Waals surface area (Å²) in [6.45, 7) is 3.04. The molecule has 17 heavy (non-hydrogen) atoms. The number of likely N-dealkylation sites (tertiary alicyclic amines) is 1. The van der Waals surface area contributed by atoms with Gasteiger partial charge in [0, 0.05) is 19.1 Å². The van der Waals surface area contributed by atoms with Gasteiger partial charge in [0.1, 0.15) is 0 Å². The van der Waals surface area contributed by atoms with Gasteiger partial charge in [0.2, 0.25) is 0 Å². The molecule has 3 nitrogen and oxygen atoms in total. The van der Waals surface area contributed by atoms with Crippen LogP contribution in [0.2, 0.25) is 0 Å². The van der Waals surface area contributed by atoms with E-state index in [1.54, 1.807) is 0 Å². The van der Waals surface area contributed by atoms with Gasteiger partial charge in [0.05, 0.1) is 6.10 Å². The van der Waals surface area contributed by atoms with Gasteiger partial charge >= 0.3 is 0 Å². The van der Waals surface area contributed by atoms with Gasteiger partial charge in [0.15, 0.2) is 0 Å². The Balaban J connectivity index is 1.75. The van der Waals surface area contributed by atoms with Crippen molar-refractivity contribution < 1.29 is 5.11 Å². The van der Waals surface area contributed by atoms with E-state index in [1.165, 1.54) is 5.56 Å². The molecule has 0 aromatic heterocycles. The topological polar surface area (TPSA) is 49.5 Å². The molecule has 1 aliphatic heterocycles. The molecule has 1 aromatic carbocycles. The van der Waals surface area contributed by atoms with E-state index in [0.717, 1.165) is 38.9 Å². The van der Waals surface area contributed by atoms with Crippen LogP contribution in [-0.4, -0.2) is 35.7 Å². The van der Waals surface area contributed by atoms with Crippen LogP contribution in [0.25, 0.3) is 0 Å². The van der Waals surface area contributed by atoms with Crippen molar-refractivity contribution in [1.82, 2.24) is 4.90 Å². The molecular weight excluding hydrogens is 212 g/mol. The van der Waals surface area contributed by atoms with Crippen molar-refractivity contribution in [2.24, 2.45) is 5.73 Å². The fraction of sp³-hybridized carbons (Fsp3) is 0.571. The maximum absolute atomic E-state index is 9.43. The SMILES string of the molecule is NC(CCN1CCC(O)CC1)c1ccccc1. The first-order chi connectivity index (χ1) is 8.25. The number of aliphatic hydroxyl groups excluding tert-OH is 1. The summed E-state index contributed by atoms with van der Waals surface area (Å²) < 4.78 is 0. The number of nitrogens with zero attached hydrogens (tertiary/aromatic N) is 1. The van der Waals surface area contributed by atoms with Crippen molar-refractivity contribution in [1.29, 1.82) is 0 Å². The molecule has 1 fully saturated rings. The standard InChI is InChI=1S/C14H22N2O/c15-14(12-4-2-1-3-5-12)8-11-16-9-6-13(17)7-10-16/h1-5,13-14,17H,6-11,15H2. The van der Waals surface area contributed by atoms with Crippen molar-refractivity contribution in [3.63, 3.8) is 0 Å². The molecule has 0 radical (unpaired) electrons. The first kappa shape index (κ1) is 12.6. The lowest BCUT2D eigenvalue weighted by molar-refractivity contribution is 0.0812. The smallest absolute Gasteiger partial charge is 0.0564 e. The molecule has 1 aromatic rings. The predicted octanol–water partition coefficient (Wildman–Crippen LogP) is 1.53. The lowest BCUT2D eigenvalue weighted by atomic mass is 10.0. The highest BCUT2D eigenvalue weighted by atomic mass is 16.3. The molecule has 1 atom stereocenters. The Labute approximate surface area is 103 Å². The van der Waals surface area contributed by atoms with Crippen LogP contribution in [-0.2, 0) is 0 Å². The molecule has 1 saturated heterocycles. The number of piperidine rings is 1. The van der Waals surface area contributed by atoms with Gasteiger partial charge in [-0.05, 0) is 31.4 Å². The molecule has 0 amide bonds. The van der Waals surface area contributed by atoms with Crippen LogP contribution in [0.4, 0.5) is 0 Å². The van der Waals surface area contributed by atoms with Crippen molar-refractivity contribution in [2.45, 2.75) is 31.4 Å². The highest BCUT2D eigenvalue weighted by Gasteiger charge is 2.17. The van der Waals surface area contributed by atoms with Crippen molar-refractivity contribution in [3.8, 4) is 0 Å². The summed E-state index contributed by atoms with van der Waals surface area (Å²) in [6.07, 6.45) is 2.70. The zero-order valence-corrected chi connectivity index (χ0v) is 10.3. The minimum absolute atomic E-state index is 0.0888. The maximum atomic E-state index is 9.43. The average Bonchev–Trinajstić information content (AvgIpc) is 2.39. The Morgan fingerprint density at radius 2 is 1.88 bits per heavy atom. The Morgan fingerprint density at radius 3 is 2.53 bits per heavy atom. The number of rotatable bonds is 4. The highest BCUT2D eigenvalue weighted by molar-refractivity contribution is 5.18. The zero-order chi connectivity index (χ0) is 12.1. The summed E-state index contributed by atoms with van der Waals surface area (Å²) in [5.74, 6) is 0. The van der Waals surface area contributed by atoms with Gasteiger partial charge in [0.25, 0.3) is 0 Å². The van der Waals surface area contributed by atoms with Crippen LogP contribution in [0.15, 0.2) is 30.3 Å². The molecule has 0 saturated carbocycles. The summed E-state index contributed by atoms with van der Waals surface area (Å²) in [5, 5.41) is 9.43. The van der Waals surface area contributed by atoms with Crippen LogP contribution in [0.5, 0.6) is 0 Å². The molecule has 3 N–H and O–H groups in total. The van der Waals surface area contributed by atoms with Gasteiger partial charge in [-0.25, -0.2) is 0 Å². The lowest BCUT2D eigenvalue weighted by Crippen LogP contribution is -2.37. The van der Waals surface area contributed by atoms with Crippen molar-refractivity contribution in [2.75, 3.05) is 19.6 Å². The Morgan fingerprint density at radius 1 is 1.24 bits per heavy atom. The van der Waals surface area contributed by atoms with Gasteiger partial charge in [-0.3, -0.25) is 0 Å². The van der Waals surface area contributed by atoms with E-state index >= 15 is 0 Å². The molecule has 94 valence electrons. The second-order valence-electron chi connectivity index (χ2n) is 4.88. The van der Waals surface area contributed by atoms with Crippen molar-refractivity contribution in [3.05, 3.63) is 35.9 Å². The monoisotopic (exact) mass is 234 g/mol. The molecule has 1 heterocycles. The quantitative estimate of drug-likeness (QED) is 0.830. The fourth-order valence-electron chi connectivity index (χ4n) is 2.33. The molecule has 1 unspecified atom stereocenters. The van der Waals surface area contributed by atoms with E-state index in [2.05, 4.69) is 17.0 Å². The Kier molecular flexibility index (Phi) is 4.54. The molecule has 1 aliphatic rings. The third-order valence-electron chi connectivity index (χ3n) is 3.54. The largest absolute Gasteiger partial charge is 0.393 e. The van der Waals surface area contributed by atoms with E-state index in [9.17, 15) is 5.11 Å². The third-order valence-corrected chi connectivity index (χ3v) is 3.54. The second-order valence-corrected chi connectivity index (χ2v) is 4.88. The number of hydrogen-bond acceptors (Lipinski definition) is 3. The Hall–Kier alpha value is -0.900. The lowest BCUT2D eigenvalue weighted by Gasteiger charge is -2.30. The number of hydrogen-bond donors (Lipinski definition) is 2. The van der Waals surface area contributed by atoms with Gasteiger partial charge in [-0.2, -0.15) is 0 Å². The van der Waals surface area contributed by atoms with Crippen LogP contribution in [0.1, 0.15) is 30.9 Å². The van der Waals surface area contributed by atoms with E-state index in [1.807, 2.05) is 18.2 Å². The molecule has 0 spiro atoms. The summed E-state index contributed by atoms with van der Waals surface area (Å²) in [6, 6.07) is 10.4. The maximum Gasteiger partial charge on any atom is 0.0564 e. The summed E-state index contributed by atoms with van der Waals surface area (Å²) in [5.41, 5.74) is 7.38. The second kappa shape index (κ2) is 6.15. The van der Waals surface area contributed by atoms with Gasteiger partial charge in [-0.15, -0.1) is 0 Å². The molecule has 0 aliphatic carbocycles. The zero-order valence-electron chi connectivity index (χ0n) is 10.3.